The molecule has 3 N–H and O–H groups in total. The topological polar surface area (TPSA) is 75.4 Å². The number of sulfonamides is 1. The van der Waals surface area contributed by atoms with Crippen LogP contribution in [0, 0.1) is 12.8 Å². The van der Waals surface area contributed by atoms with Crippen molar-refractivity contribution in [2.45, 2.75) is 31.7 Å². The molecule has 1 saturated heterocycles. The van der Waals surface area contributed by atoms with E-state index in [9.17, 15) is 8.42 Å². The molecule has 1 aliphatic rings. The van der Waals surface area contributed by atoms with Gasteiger partial charge in [-0.3, -0.25) is 0 Å². The molecule has 1 atom stereocenters. The lowest BCUT2D eigenvalue weighted by atomic mass is 10.1. The fraction of sp³-hybridized carbons (Fsp3) is 0.692. The molecule has 0 aliphatic carbocycles. The van der Waals surface area contributed by atoms with Crippen molar-refractivity contribution in [3.05, 3.63) is 15.8 Å². The van der Waals surface area contributed by atoms with Gasteiger partial charge < -0.3 is 10.6 Å². The van der Waals surface area contributed by atoms with Gasteiger partial charge in [0.2, 0.25) is 10.0 Å². The molecule has 1 fully saturated rings. The second-order valence-electron chi connectivity index (χ2n) is 5.24. The highest BCUT2D eigenvalue weighted by atomic mass is 32.2. The van der Waals surface area contributed by atoms with E-state index in [0.29, 0.717) is 23.9 Å². The van der Waals surface area contributed by atoms with Crippen LogP contribution >= 0.6 is 11.3 Å². The molecule has 2 heterocycles. The van der Waals surface area contributed by atoms with Crippen LogP contribution in [0.4, 0.5) is 0 Å². The van der Waals surface area contributed by atoms with Crippen molar-refractivity contribution in [1.29, 1.82) is 0 Å². The number of nitrogens with two attached hydrogens (primary N) is 1. The Morgan fingerprint density at radius 2 is 2.30 bits per heavy atom. The van der Waals surface area contributed by atoms with Gasteiger partial charge in [0.1, 0.15) is 0 Å². The summed E-state index contributed by atoms with van der Waals surface area (Å²) in [5.74, 6) is 0.414. The van der Waals surface area contributed by atoms with E-state index in [-0.39, 0.29) is 0 Å². The second kappa shape index (κ2) is 6.53. The summed E-state index contributed by atoms with van der Waals surface area (Å²) < 4.78 is 27.4. The monoisotopic (exact) mass is 317 g/mol. The second-order valence-corrected chi connectivity index (χ2v) is 8.31. The van der Waals surface area contributed by atoms with Gasteiger partial charge in [-0.15, -0.1) is 11.3 Å². The van der Waals surface area contributed by atoms with Crippen LogP contribution in [-0.2, 0) is 16.6 Å². The summed E-state index contributed by atoms with van der Waals surface area (Å²) in [4.78, 5) is 4.44. The van der Waals surface area contributed by atoms with Gasteiger partial charge in [-0.1, -0.05) is 6.92 Å². The Hall–Kier alpha value is -0.470. The van der Waals surface area contributed by atoms with Crippen molar-refractivity contribution >= 4 is 21.4 Å². The molecule has 1 aromatic heterocycles. The normalized spacial score (nSPS) is 20.6. The molecule has 0 aromatic carbocycles. The maximum Gasteiger partial charge on any atom is 0.241 e. The molecule has 7 heteroatoms. The molecule has 1 aromatic rings. The van der Waals surface area contributed by atoms with E-state index in [1.807, 2.05) is 6.92 Å². The molecule has 0 bridgehead atoms. The van der Waals surface area contributed by atoms with Crippen molar-refractivity contribution in [2.75, 3.05) is 26.2 Å². The van der Waals surface area contributed by atoms with Crippen LogP contribution < -0.4 is 10.5 Å². The smallest absolute Gasteiger partial charge is 0.241 e. The van der Waals surface area contributed by atoms with E-state index < -0.39 is 10.0 Å². The van der Waals surface area contributed by atoms with Crippen molar-refractivity contribution in [1.82, 2.24) is 9.62 Å². The van der Waals surface area contributed by atoms with E-state index in [0.717, 1.165) is 35.8 Å². The van der Waals surface area contributed by atoms with E-state index in [2.05, 4.69) is 16.5 Å². The maximum absolute atomic E-state index is 12.3. The number of hydrogen-bond acceptors (Lipinski definition) is 5. The van der Waals surface area contributed by atoms with Gasteiger partial charge in [-0.05, 0) is 38.4 Å². The van der Waals surface area contributed by atoms with Crippen LogP contribution in [-0.4, -0.2) is 39.5 Å². The third-order valence-electron chi connectivity index (χ3n) is 3.79. The Balaban J connectivity index is 1.99. The average molecular weight is 317 g/mol. The number of nitrogens with zero attached hydrogens (tertiary/aromatic N) is 1. The molecule has 5 nitrogen and oxygen atoms in total. The summed E-state index contributed by atoms with van der Waals surface area (Å²) in [6.07, 6.45) is 1.06. The minimum atomic E-state index is -3.41. The van der Waals surface area contributed by atoms with Crippen molar-refractivity contribution in [3.8, 4) is 0 Å². The highest BCUT2D eigenvalue weighted by Gasteiger charge is 2.25. The molecule has 20 heavy (non-hydrogen) atoms. The predicted molar refractivity (Wildman–Crippen MR) is 82.4 cm³/mol. The fourth-order valence-corrected chi connectivity index (χ4v) is 5.19. The molecule has 0 amide bonds. The lowest BCUT2D eigenvalue weighted by Gasteiger charge is -2.13. The standard InChI is InChI=1S/C13H23N3O2S2/c1-3-16-5-4-11(9-16)8-15-20(17,18)13-6-12(7-14)19-10(13)2/h6,11,15H,3-5,7-9,14H2,1-2H3. The summed E-state index contributed by atoms with van der Waals surface area (Å²) in [5.41, 5.74) is 5.57. The summed E-state index contributed by atoms with van der Waals surface area (Å²) in [6, 6.07) is 1.69. The van der Waals surface area contributed by atoms with Crippen LogP contribution in [0.5, 0.6) is 0 Å². The molecule has 2 rings (SSSR count). The minimum absolute atomic E-state index is 0.383. The number of rotatable bonds is 6. The number of nitrogens with one attached hydrogen (secondary N) is 1. The van der Waals surface area contributed by atoms with Gasteiger partial charge in [-0.25, -0.2) is 13.1 Å². The lowest BCUT2D eigenvalue weighted by Crippen LogP contribution is -2.31. The van der Waals surface area contributed by atoms with E-state index in [1.54, 1.807) is 6.07 Å². The third kappa shape index (κ3) is 3.59. The number of aryl methyl sites for hydroxylation is 1. The van der Waals surface area contributed by atoms with Gasteiger partial charge in [0.25, 0.3) is 0 Å². The van der Waals surface area contributed by atoms with Crippen LogP contribution in [0.1, 0.15) is 23.1 Å². The SMILES string of the molecule is CCN1CCC(CNS(=O)(=O)c2cc(CN)sc2C)C1. The zero-order valence-electron chi connectivity index (χ0n) is 12.1. The Bertz CT molecular complexity index is 554. The van der Waals surface area contributed by atoms with Crippen LogP contribution in [0.2, 0.25) is 0 Å². The van der Waals surface area contributed by atoms with Crippen LogP contribution in [0.3, 0.4) is 0 Å². The first-order valence-electron chi connectivity index (χ1n) is 6.97. The molecular formula is C13H23N3O2S2. The molecule has 1 unspecified atom stereocenters. The number of hydrogen-bond donors (Lipinski definition) is 2. The van der Waals surface area contributed by atoms with Gasteiger partial charge >= 0.3 is 0 Å². The molecule has 0 spiro atoms. The fourth-order valence-electron chi connectivity index (χ4n) is 2.56. The zero-order chi connectivity index (χ0) is 14.8. The summed E-state index contributed by atoms with van der Waals surface area (Å²) in [5, 5.41) is 0. The van der Waals surface area contributed by atoms with E-state index in [1.165, 1.54) is 11.3 Å². The van der Waals surface area contributed by atoms with Crippen molar-refractivity contribution in [2.24, 2.45) is 11.7 Å². The van der Waals surface area contributed by atoms with Gasteiger partial charge in [0.05, 0.1) is 4.90 Å². The molecule has 114 valence electrons. The molecular weight excluding hydrogens is 294 g/mol. The number of likely N-dealkylation sites (tertiary alicyclic amines) is 1. The van der Waals surface area contributed by atoms with Gasteiger partial charge in [0.15, 0.2) is 0 Å². The average Bonchev–Trinajstić information content (AvgIpc) is 3.02. The molecule has 0 radical (unpaired) electrons. The lowest BCUT2D eigenvalue weighted by molar-refractivity contribution is 0.342. The Morgan fingerprint density at radius 3 is 2.85 bits per heavy atom. The molecule has 1 aliphatic heterocycles. The van der Waals surface area contributed by atoms with E-state index in [4.69, 9.17) is 5.73 Å². The first-order chi connectivity index (χ1) is 9.46. The Morgan fingerprint density at radius 1 is 1.55 bits per heavy atom. The summed E-state index contributed by atoms with van der Waals surface area (Å²) in [6.45, 7) is 7.95. The summed E-state index contributed by atoms with van der Waals surface area (Å²) in [7, 11) is -3.41. The highest BCUT2D eigenvalue weighted by molar-refractivity contribution is 7.89. The molecule has 0 saturated carbocycles. The third-order valence-corrected chi connectivity index (χ3v) is 6.54. The van der Waals surface area contributed by atoms with Crippen LogP contribution in [0.15, 0.2) is 11.0 Å². The first-order valence-corrected chi connectivity index (χ1v) is 9.27. The van der Waals surface area contributed by atoms with Gasteiger partial charge in [-0.2, -0.15) is 0 Å². The zero-order valence-corrected chi connectivity index (χ0v) is 13.7. The highest BCUT2D eigenvalue weighted by Crippen LogP contribution is 2.25. The first kappa shape index (κ1) is 15.9. The quantitative estimate of drug-likeness (QED) is 0.825. The largest absolute Gasteiger partial charge is 0.326 e. The van der Waals surface area contributed by atoms with Crippen molar-refractivity contribution in [3.63, 3.8) is 0 Å². The Labute approximate surface area is 125 Å². The maximum atomic E-state index is 12.3. The van der Waals surface area contributed by atoms with Crippen LogP contribution in [0.25, 0.3) is 0 Å². The predicted octanol–water partition coefficient (Wildman–Crippen LogP) is 1.14. The van der Waals surface area contributed by atoms with Gasteiger partial charge in [0, 0.05) is 29.4 Å². The van der Waals surface area contributed by atoms with Crippen molar-refractivity contribution < 1.29 is 8.42 Å². The van der Waals surface area contributed by atoms with E-state index >= 15 is 0 Å². The minimum Gasteiger partial charge on any atom is -0.326 e. The summed E-state index contributed by atoms with van der Waals surface area (Å²) >= 11 is 1.45. The number of thiophene rings is 1. The Kier molecular flexibility index (Phi) is 5.19.